The van der Waals surface area contributed by atoms with E-state index in [9.17, 15) is 18.0 Å². The number of nitrogens with one attached hydrogen (secondary N) is 1. The zero-order valence-corrected chi connectivity index (χ0v) is 18.3. The second-order valence-corrected chi connectivity index (χ2v) is 10.6. The minimum Gasteiger partial charge on any atom is -0.320 e. The van der Waals surface area contributed by atoms with Gasteiger partial charge in [0.15, 0.2) is 9.84 Å². The predicted octanol–water partition coefficient (Wildman–Crippen LogP) is 3.04. The van der Waals surface area contributed by atoms with E-state index in [1.165, 1.54) is 5.01 Å². The molecule has 1 N–H and O–H groups in total. The van der Waals surface area contributed by atoms with Crippen LogP contribution in [0.25, 0.3) is 0 Å². The number of hydrogen-bond donors (Lipinski definition) is 1. The zero-order valence-electron chi connectivity index (χ0n) is 17.4. The third-order valence-corrected chi connectivity index (χ3v) is 7.24. The summed E-state index contributed by atoms with van der Waals surface area (Å²) in [6.45, 7) is 8.31. The summed E-state index contributed by atoms with van der Waals surface area (Å²) in [6, 6.07) is 5.53. The van der Waals surface area contributed by atoms with Crippen LogP contribution in [0.1, 0.15) is 69.9 Å². The van der Waals surface area contributed by atoms with Gasteiger partial charge in [-0.2, -0.15) is 5.10 Å². The number of nitrogens with zero attached hydrogens (tertiary/aromatic N) is 2. The quantitative estimate of drug-likeness (QED) is 0.793. The molecule has 158 valence electrons. The van der Waals surface area contributed by atoms with Gasteiger partial charge in [-0.3, -0.25) is 9.59 Å². The van der Waals surface area contributed by atoms with Crippen LogP contribution in [-0.2, 0) is 19.4 Å². The Morgan fingerprint density at radius 2 is 1.76 bits per heavy atom. The summed E-state index contributed by atoms with van der Waals surface area (Å²) in [5.74, 6) is -0.131. The Kier molecular flexibility index (Phi) is 6.12. The molecule has 0 bridgehead atoms. The molecule has 0 saturated carbocycles. The van der Waals surface area contributed by atoms with Crippen LogP contribution in [0.15, 0.2) is 23.3 Å². The average molecular weight is 420 g/mol. The van der Waals surface area contributed by atoms with Crippen LogP contribution in [0, 0.1) is 0 Å². The number of para-hydroxylation sites is 1. The monoisotopic (exact) mass is 419 g/mol. The first-order valence-corrected chi connectivity index (χ1v) is 12.0. The zero-order chi connectivity index (χ0) is 21.3. The number of carbonyl (C=O) groups excluding carboxylic acids is 2. The molecule has 8 heteroatoms. The van der Waals surface area contributed by atoms with Crippen molar-refractivity contribution in [1.82, 2.24) is 5.01 Å². The molecule has 1 unspecified atom stereocenters. The molecule has 0 aliphatic carbocycles. The highest BCUT2D eigenvalue weighted by Gasteiger charge is 2.37. The average Bonchev–Trinajstić information content (AvgIpc) is 3.01. The maximum Gasteiger partial charge on any atom is 0.271 e. The van der Waals surface area contributed by atoms with Gasteiger partial charge in [-0.25, -0.2) is 13.4 Å². The number of benzene rings is 1. The molecule has 3 rings (SSSR count). The Balaban J connectivity index is 1.88. The number of amides is 2. The molecular formula is C21H29N3O4S. The van der Waals surface area contributed by atoms with Crippen molar-refractivity contribution in [3.8, 4) is 0 Å². The van der Waals surface area contributed by atoms with Gasteiger partial charge in [-0.05, 0) is 29.4 Å². The third kappa shape index (κ3) is 4.69. The molecule has 1 saturated heterocycles. The van der Waals surface area contributed by atoms with Gasteiger partial charge in [0.1, 0.15) is 5.71 Å². The highest BCUT2D eigenvalue weighted by molar-refractivity contribution is 7.91. The fourth-order valence-corrected chi connectivity index (χ4v) is 5.56. The third-order valence-electron chi connectivity index (χ3n) is 5.49. The van der Waals surface area contributed by atoms with E-state index in [-0.39, 0.29) is 53.7 Å². The van der Waals surface area contributed by atoms with E-state index < -0.39 is 15.9 Å². The maximum absolute atomic E-state index is 13.0. The van der Waals surface area contributed by atoms with Gasteiger partial charge in [0, 0.05) is 18.5 Å². The molecule has 1 aromatic carbocycles. The summed E-state index contributed by atoms with van der Waals surface area (Å²) in [7, 11) is -3.15. The second kappa shape index (κ2) is 8.26. The molecule has 1 fully saturated rings. The van der Waals surface area contributed by atoms with Crippen LogP contribution < -0.4 is 5.32 Å². The summed E-state index contributed by atoms with van der Waals surface area (Å²) in [5.41, 5.74) is 3.17. The number of sulfone groups is 1. The molecule has 0 spiro atoms. The first kappa shape index (κ1) is 21.5. The van der Waals surface area contributed by atoms with E-state index in [0.717, 1.165) is 16.8 Å². The molecule has 2 amide bonds. The van der Waals surface area contributed by atoms with Crippen LogP contribution in [0.3, 0.4) is 0 Å². The van der Waals surface area contributed by atoms with Crippen LogP contribution in [-0.4, -0.2) is 48.5 Å². The molecular weight excluding hydrogens is 390 g/mol. The van der Waals surface area contributed by atoms with Gasteiger partial charge in [-0.1, -0.05) is 45.9 Å². The Labute approximate surface area is 172 Å². The van der Waals surface area contributed by atoms with E-state index in [2.05, 4.69) is 38.1 Å². The van der Waals surface area contributed by atoms with E-state index in [4.69, 9.17) is 0 Å². The predicted molar refractivity (Wildman–Crippen MR) is 114 cm³/mol. The van der Waals surface area contributed by atoms with Crippen LogP contribution in [0.5, 0.6) is 0 Å². The van der Waals surface area contributed by atoms with Crippen molar-refractivity contribution in [3.05, 3.63) is 29.3 Å². The number of anilines is 1. The van der Waals surface area contributed by atoms with Gasteiger partial charge in [-0.15, -0.1) is 0 Å². The second-order valence-electron chi connectivity index (χ2n) is 8.42. The first-order chi connectivity index (χ1) is 13.6. The lowest BCUT2D eigenvalue weighted by Crippen LogP contribution is -2.42. The largest absolute Gasteiger partial charge is 0.320 e. The molecule has 1 aromatic rings. The minimum absolute atomic E-state index is 0.0536. The van der Waals surface area contributed by atoms with Gasteiger partial charge in [0.05, 0.1) is 17.5 Å². The van der Waals surface area contributed by atoms with E-state index in [0.29, 0.717) is 6.42 Å². The molecule has 2 aliphatic rings. The van der Waals surface area contributed by atoms with Gasteiger partial charge < -0.3 is 5.32 Å². The highest BCUT2D eigenvalue weighted by Crippen LogP contribution is 2.32. The molecule has 0 radical (unpaired) electrons. The van der Waals surface area contributed by atoms with Gasteiger partial charge in [0.2, 0.25) is 5.91 Å². The summed E-state index contributed by atoms with van der Waals surface area (Å²) in [4.78, 5) is 25.3. The Bertz CT molecular complexity index is 924. The van der Waals surface area contributed by atoms with Crippen LogP contribution in [0.2, 0.25) is 0 Å². The molecule has 29 heavy (non-hydrogen) atoms. The SMILES string of the molecule is CC(C)c1cccc(C(C)C)c1NC(=O)C1=NN(C2CCS(=O)(=O)C2)C(=O)CC1. The summed E-state index contributed by atoms with van der Waals surface area (Å²) < 4.78 is 23.6. The molecule has 7 nitrogen and oxygen atoms in total. The molecule has 1 atom stereocenters. The van der Waals surface area contributed by atoms with Gasteiger partial charge >= 0.3 is 0 Å². The minimum atomic E-state index is -3.15. The Morgan fingerprint density at radius 3 is 2.28 bits per heavy atom. The highest BCUT2D eigenvalue weighted by atomic mass is 32.2. The number of hydrazone groups is 1. The van der Waals surface area contributed by atoms with Crippen molar-refractivity contribution in [2.75, 3.05) is 16.8 Å². The number of rotatable bonds is 5. The van der Waals surface area contributed by atoms with Crippen molar-refractivity contribution in [2.45, 2.75) is 64.8 Å². The van der Waals surface area contributed by atoms with Crippen LogP contribution >= 0.6 is 0 Å². The van der Waals surface area contributed by atoms with Crippen molar-refractivity contribution in [3.63, 3.8) is 0 Å². The summed E-state index contributed by atoms with van der Waals surface area (Å²) >= 11 is 0. The van der Waals surface area contributed by atoms with E-state index >= 15 is 0 Å². The fraction of sp³-hybridized carbons (Fsp3) is 0.571. The Morgan fingerprint density at radius 1 is 1.14 bits per heavy atom. The van der Waals surface area contributed by atoms with Gasteiger partial charge in [0.25, 0.3) is 5.91 Å². The van der Waals surface area contributed by atoms with Crippen molar-refractivity contribution >= 4 is 33.1 Å². The lowest BCUT2D eigenvalue weighted by Gasteiger charge is -2.28. The topological polar surface area (TPSA) is 95.9 Å². The van der Waals surface area contributed by atoms with Crippen molar-refractivity contribution in [2.24, 2.45) is 5.10 Å². The standard InChI is InChI=1S/C21H29N3O4S/c1-13(2)16-6-5-7-17(14(3)4)20(16)22-21(26)18-8-9-19(25)24(23-18)15-10-11-29(27,28)12-15/h5-7,13-15H,8-12H2,1-4H3,(H,22,26). The molecule has 0 aromatic heterocycles. The number of hydrogen-bond acceptors (Lipinski definition) is 5. The first-order valence-electron chi connectivity index (χ1n) is 10.1. The normalized spacial score (nSPS) is 21.6. The number of carbonyl (C=O) groups is 2. The van der Waals surface area contributed by atoms with E-state index in [1.807, 2.05) is 18.2 Å². The van der Waals surface area contributed by atoms with Crippen LogP contribution in [0.4, 0.5) is 5.69 Å². The molecule has 2 aliphatic heterocycles. The lowest BCUT2D eigenvalue weighted by atomic mass is 9.92. The Hall–Kier alpha value is -2.22. The van der Waals surface area contributed by atoms with Crippen molar-refractivity contribution in [1.29, 1.82) is 0 Å². The fourth-order valence-electron chi connectivity index (χ4n) is 3.87. The maximum atomic E-state index is 13.0. The lowest BCUT2D eigenvalue weighted by molar-refractivity contribution is -0.133. The molecule has 2 heterocycles. The summed E-state index contributed by atoms with van der Waals surface area (Å²) in [5, 5.41) is 8.53. The van der Waals surface area contributed by atoms with E-state index in [1.54, 1.807) is 0 Å². The van der Waals surface area contributed by atoms with Crippen molar-refractivity contribution < 1.29 is 18.0 Å². The summed E-state index contributed by atoms with van der Waals surface area (Å²) in [6.07, 6.45) is 0.771. The smallest absolute Gasteiger partial charge is 0.271 e.